The summed E-state index contributed by atoms with van der Waals surface area (Å²) in [5.41, 5.74) is 6.01. The van der Waals surface area contributed by atoms with E-state index in [1.165, 1.54) is 24.3 Å². The Morgan fingerprint density at radius 3 is 2.35 bits per heavy atom. The maximum atomic E-state index is 12.9. The van der Waals surface area contributed by atoms with Crippen LogP contribution in [0.2, 0.25) is 0 Å². The van der Waals surface area contributed by atoms with Crippen LogP contribution < -0.4 is 15.8 Å². The molecule has 2 aromatic rings. The first-order valence-corrected chi connectivity index (χ1v) is 5.52. The van der Waals surface area contributed by atoms with Gasteiger partial charge in [0.25, 0.3) is 0 Å². The Labute approximate surface area is 112 Å². The second kappa shape index (κ2) is 5.28. The van der Waals surface area contributed by atoms with Crippen LogP contribution in [0.1, 0.15) is 0 Å². The fourth-order valence-corrected chi connectivity index (χ4v) is 1.58. The number of nitrogen functional groups attached to an aromatic ring is 1. The van der Waals surface area contributed by atoms with E-state index in [1.54, 1.807) is 0 Å². The van der Waals surface area contributed by atoms with Crippen molar-refractivity contribution in [2.45, 2.75) is 6.36 Å². The average Bonchev–Trinajstić information content (AvgIpc) is 2.33. The fourth-order valence-electron chi connectivity index (χ4n) is 1.58. The first-order valence-electron chi connectivity index (χ1n) is 5.52. The van der Waals surface area contributed by atoms with Gasteiger partial charge in [0.15, 0.2) is 5.75 Å². The van der Waals surface area contributed by atoms with Crippen LogP contribution in [0.5, 0.6) is 5.75 Å². The molecule has 0 unspecified atom stereocenters. The molecule has 0 heterocycles. The van der Waals surface area contributed by atoms with Crippen LogP contribution in [0.4, 0.5) is 34.6 Å². The summed E-state index contributed by atoms with van der Waals surface area (Å²) >= 11 is 0. The summed E-state index contributed by atoms with van der Waals surface area (Å²) in [5, 5.41) is 2.67. The van der Waals surface area contributed by atoms with Crippen molar-refractivity contribution in [2.24, 2.45) is 0 Å². The summed E-state index contributed by atoms with van der Waals surface area (Å²) in [7, 11) is 0. The van der Waals surface area contributed by atoms with E-state index in [0.29, 0.717) is 0 Å². The fraction of sp³-hybridized carbons (Fsp3) is 0.0769. The molecule has 3 nitrogen and oxygen atoms in total. The van der Waals surface area contributed by atoms with Crippen molar-refractivity contribution in [2.75, 3.05) is 11.1 Å². The molecule has 0 saturated carbocycles. The number of benzene rings is 2. The molecule has 20 heavy (non-hydrogen) atoms. The lowest BCUT2D eigenvalue weighted by Gasteiger charge is -2.15. The molecule has 3 N–H and O–H groups in total. The standard InChI is InChI=1S/C13H10F4N2O/c14-8-5-6-10(9(18)7-8)19-11-3-1-2-4-12(11)20-13(15,16)17/h1-7,19H,18H2. The van der Waals surface area contributed by atoms with Crippen LogP contribution in [-0.4, -0.2) is 6.36 Å². The third kappa shape index (κ3) is 3.53. The van der Waals surface area contributed by atoms with Gasteiger partial charge in [0.1, 0.15) is 5.82 Å². The first-order chi connectivity index (χ1) is 9.35. The largest absolute Gasteiger partial charge is 0.573 e. The van der Waals surface area contributed by atoms with Crippen molar-refractivity contribution in [3.63, 3.8) is 0 Å². The minimum Gasteiger partial charge on any atom is -0.404 e. The van der Waals surface area contributed by atoms with Gasteiger partial charge < -0.3 is 15.8 Å². The lowest BCUT2D eigenvalue weighted by Crippen LogP contribution is -2.17. The summed E-state index contributed by atoms with van der Waals surface area (Å²) in [5.74, 6) is -0.934. The van der Waals surface area contributed by atoms with E-state index in [9.17, 15) is 17.6 Å². The van der Waals surface area contributed by atoms with E-state index < -0.39 is 17.9 Å². The molecule has 0 amide bonds. The topological polar surface area (TPSA) is 47.3 Å². The van der Waals surface area contributed by atoms with Gasteiger partial charge >= 0.3 is 6.36 Å². The van der Waals surface area contributed by atoms with E-state index in [0.717, 1.165) is 18.2 Å². The Morgan fingerprint density at radius 2 is 1.70 bits per heavy atom. The SMILES string of the molecule is Nc1cc(F)ccc1Nc1ccccc1OC(F)(F)F. The van der Waals surface area contributed by atoms with Crippen LogP contribution in [0.15, 0.2) is 42.5 Å². The van der Waals surface area contributed by atoms with E-state index in [4.69, 9.17) is 5.73 Å². The molecule has 7 heteroatoms. The lowest BCUT2D eigenvalue weighted by molar-refractivity contribution is -0.274. The van der Waals surface area contributed by atoms with Crippen molar-refractivity contribution in [1.29, 1.82) is 0 Å². The number of para-hydroxylation sites is 2. The Morgan fingerprint density at radius 1 is 1.00 bits per heavy atom. The summed E-state index contributed by atoms with van der Waals surface area (Å²) in [6.45, 7) is 0. The van der Waals surface area contributed by atoms with Gasteiger partial charge in [-0.3, -0.25) is 0 Å². The van der Waals surface area contributed by atoms with Crippen LogP contribution in [0.3, 0.4) is 0 Å². The average molecular weight is 286 g/mol. The Hall–Kier alpha value is -2.44. The summed E-state index contributed by atoms with van der Waals surface area (Å²) in [6, 6.07) is 9.03. The molecule has 0 aliphatic rings. The molecule has 0 aliphatic carbocycles. The van der Waals surface area contributed by atoms with Crippen LogP contribution in [0, 0.1) is 5.82 Å². The smallest absolute Gasteiger partial charge is 0.404 e. The van der Waals surface area contributed by atoms with Crippen LogP contribution in [-0.2, 0) is 0 Å². The highest BCUT2D eigenvalue weighted by Crippen LogP contribution is 2.33. The quantitative estimate of drug-likeness (QED) is 0.661. The van der Waals surface area contributed by atoms with Crippen LogP contribution >= 0.6 is 0 Å². The molecule has 0 aliphatic heterocycles. The molecule has 0 spiro atoms. The normalized spacial score (nSPS) is 11.2. The lowest BCUT2D eigenvalue weighted by atomic mass is 10.2. The van der Waals surface area contributed by atoms with Crippen molar-refractivity contribution in [1.82, 2.24) is 0 Å². The van der Waals surface area contributed by atoms with E-state index in [-0.39, 0.29) is 17.1 Å². The summed E-state index contributed by atoms with van der Waals surface area (Å²) in [4.78, 5) is 0. The molecule has 106 valence electrons. The minimum atomic E-state index is -4.80. The highest BCUT2D eigenvalue weighted by atomic mass is 19.4. The number of rotatable bonds is 3. The monoisotopic (exact) mass is 286 g/mol. The molecule has 2 rings (SSSR count). The number of alkyl halides is 3. The molecule has 0 fully saturated rings. The number of nitrogens with one attached hydrogen (secondary N) is 1. The highest BCUT2D eigenvalue weighted by Gasteiger charge is 2.32. The Bertz CT molecular complexity index is 614. The number of hydrogen-bond acceptors (Lipinski definition) is 3. The van der Waals surface area contributed by atoms with Gasteiger partial charge in [-0.2, -0.15) is 0 Å². The third-order valence-electron chi connectivity index (χ3n) is 2.40. The van der Waals surface area contributed by atoms with Crippen molar-refractivity contribution < 1.29 is 22.3 Å². The molecule has 2 aromatic carbocycles. The van der Waals surface area contributed by atoms with Gasteiger partial charge in [0.2, 0.25) is 0 Å². The van der Waals surface area contributed by atoms with Crippen molar-refractivity contribution >= 4 is 17.1 Å². The highest BCUT2D eigenvalue weighted by molar-refractivity contribution is 5.75. The van der Waals surface area contributed by atoms with Crippen molar-refractivity contribution in [3.8, 4) is 5.75 Å². The molecule has 0 aromatic heterocycles. The molecular formula is C13H10F4N2O. The molecule has 0 bridgehead atoms. The third-order valence-corrected chi connectivity index (χ3v) is 2.40. The van der Waals surface area contributed by atoms with Crippen molar-refractivity contribution in [3.05, 3.63) is 48.3 Å². The second-order valence-electron chi connectivity index (χ2n) is 3.90. The summed E-state index contributed by atoms with van der Waals surface area (Å²) in [6.07, 6.45) is -4.80. The van der Waals surface area contributed by atoms with E-state index in [2.05, 4.69) is 10.1 Å². The zero-order valence-corrected chi connectivity index (χ0v) is 10.0. The summed E-state index contributed by atoms with van der Waals surface area (Å²) < 4.78 is 53.6. The molecular weight excluding hydrogens is 276 g/mol. The van der Waals surface area contributed by atoms with E-state index >= 15 is 0 Å². The maximum Gasteiger partial charge on any atom is 0.573 e. The second-order valence-corrected chi connectivity index (χ2v) is 3.90. The number of nitrogens with two attached hydrogens (primary N) is 1. The molecule has 0 radical (unpaired) electrons. The van der Waals surface area contributed by atoms with Gasteiger partial charge in [-0.05, 0) is 30.3 Å². The van der Waals surface area contributed by atoms with Gasteiger partial charge in [0, 0.05) is 0 Å². The zero-order chi connectivity index (χ0) is 14.8. The molecule has 0 saturated heterocycles. The molecule has 0 atom stereocenters. The van der Waals surface area contributed by atoms with E-state index in [1.807, 2.05) is 0 Å². The van der Waals surface area contributed by atoms with Gasteiger partial charge in [-0.25, -0.2) is 4.39 Å². The van der Waals surface area contributed by atoms with Gasteiger partial charge in [0.05, 0.1) is 17.1 Å². The number of ether oxygens (including phenoxy) is 1. The van der Waals surface area contributed by atoms with Gasteiger partial charge in [-0.15, -0.1) is 13.2 Å². The van der Waals surface area contributed by atoms with Crippen LogP contribution in [0.25, 0.3) is 0 Å². The minimum absolute atomic E-state index is 0.0723. The number of halogens is 4. The van der Waals surface area contributed by atoms with Gasteiger partial charge in [-0.1, -0.05) is 12.1 Å². The Balaban J connectivity index is 2.29. The maximum absolute atomic E-state index is 12.9. The zero-order valence-electron chi connectivity index (χ0n) is 10.0. The predicted molar refractivity (Wildman–Crippen MR) is 67.2 cm³/mol. The predicted octanol–water partition coefficient (Wildman–Crippen LogP) is 4.05. The number of hydrogen-bond donors (Lipinski definition) is 2. The Kier molecular flexibility index (Phi) is 3.69. The first kappa shape index (κ1) is 14.0. The number of anilines is 3.